The van der Waals surface area contributed by atoms with Crippen LogP contribution in [0.25, 0.3) is 0 Å². The largest absolute Gasteiger partial charge is 0.495 e. The lowest BCUT2D eigenvalue weighted by Gasteiger charge is -2.16. The maximum Gasteiger partial charge on any atom is 0.280 e. The van der Waals surface area contributed by atoms with E-state index in [9.17, 15) is 26.8 Å². The number of methoxy groups -OCH3 is 1. The van der Waals surface area contributed by atoms with Gasteiger partial charge in [-0.15, -0.1) is 0 Å². The quantitative estimate of drug-likeness (QED) is 0.568. The van der Waals surface area contributed by atoms with E-state index in [1.807, 2.05) is 0 Å². The number of carbonyl (C=O) groups is 2. The predicted molar refractivity (Wildman–Crippen MR) is 109 cm³/mol. The van der Waals surface area contributed by atoms with Gasteiger partial charge in [0.25, 0.3) is 21.8 Å². The minimum absolute atomic E-state index is 0.0207. The third-order valence-corrected chi connectivity index (χ3v) is 6.15. The number of benzene rings is 2. The van der Waals surface area contributed by atoms with Gasteiger partial charge in [0.1, 0.15) is 28.0 Å². The minimum Gasteiger partial charge on any atom is -0.495 e. The van der Waals surface area contributed by atoms with Gasteiger partial charge in [0.15, 0.2) is 0 Å². The molecule has 0 spiro atoms. The Kier molecular flexibility index (Phi) is 5.35. The molecule has 8 nitrogen and oxygen atoms in total. The van der Waals surface area contributed by atoms with Crippen LogP contribution in [0.2, 0.25) is 0 Å². The molecule has 1 N–H and O–H groups in total. The Morgan fingerprint density at radius 3 is 2.53 bits per heavy atom. The van der Waals surface area contributed by atoms with Gasteiger partial charge >= 0.3 is 0 Å². The highest BCUT2D eigenvalue weighted by molar-refractivity contribution is 7.92. The number of ether oxygens (including phenoxy) is 1. The summed E-state index contributed by atoms with van der Waals surface area (Å²) in [6, 6.07) is 9.46. The number of amides is 2. The molecule has 0 atom stereocenters. The summed E-state index contributed by atoms with van der Waals surface area (Å²) in [6.07, 6.45) is 1.39. The molecular weight excluding hydrogens is 444 g/mol. The van der Waals surface area contributed by atoms with Gasteiger partial charge < -0.3 is 4.74 Å². The molecule has 0 aliphatic carbocycles. The van der Waals surface area contributed by atoms with Crippen LogP contribution in [0.15, 0.2) is 59.6 Å². The molecule has 164 valence electrons. The van der Waals surface area contributed by atoms with Crippen molar-refractivity contribution in [3.05, 3.63) is 83.2 Å². The topological polar surface area (TPSA) is 106 Å². The molecule has 2 amide bonds. The van der Waals surface area contributed by atoms with E-state index >= 15 is 0 Å². The smallest absolute Gasteiger partial charge is 0.280 e. The molecule has 2 aromatic carbocycles. The third kappa shape index (κ3) is 3.78. The van der Waals surface area contributed by atoms with Crippen LogP contribution in [0.4, 0.5) is 14.5 Å². The second-order valence-electron chi connectivity index (χ2n) is 6.81. The molecule has 0 saturated heterocycles. The highest BCUT2D eigenvalue weighted by atomic mass is 32.2. The van der Waals surface area contributed by atoms with Crippen molar-refractivity contribution in [2.24, 2.45) is 0 Å². The Morgan fingerprint density at radius 2 is 1.84 bits per heavy atom. The number of pyridine rings is 1. The summed E-state index contributed by atoms with van der Waals surface area (Å²) >= 11 is 0. The summed E-state index contributed by atoms with van der Waals surface area (Å²) < 4.78 is 60.1. The first-order valence-electron chi connectivity index (χ1n) is 9.17. The third-order valence-electron chi connectivity index (χ3n) is 4.76. The SMILES string of the molecule is COc1ccc(CN2C(=O)c3cccnc3C2=O)cc1S(=O)(=O)Nc1ccc(F)cc1F. The van der Waals surface area contributed by atoms with Crippen molar-refractivity contribution < 1.29 is 31.5 Å². The van der Waals surface area contributed by atoms with Gasteiger partial charge in [0.05, 0.1) is 24.9 Å². The van der Waals surface area contributed by atoms with Gasteiger partial charge in [-0.2, -0.15) is 0 Å². The number of nitrogens with zero attached hydrogens (tertiary/aromatic N) is 2. The molecule has 0 unspecified atom stereocenters. The van der Waals surface area contributed by atoms with Gasteiger partial charge in [0, 0.05) is 12.3 Å². The molecular formula is C21H15F2N3O5S. The van der Waals surface area contributed by atoms with Crippen molar-refractivity contribution in [3.63, 3.8) is 0 Å². The van der Waals surface area contributed by atoms with Gasteiger partial charge in [-0.1, -0.05) is 6.07 Å². The van der Waals surface area contributed by atoms with Crippen LogP contribution in [-0.4, -0.2) is 37.2 Å². The van der Waals surface area contributed by atoms with Crippen LogP contribution >= 0.6 is 0 Å². The molecule has 32 heavy (non-hydrogen) atoms. The van der Waals surface area contributed by atoms with E-state index in [4.69, 9.17) is 4.74 Å². The highest BCUT2D eigenvalue weighted by Crippen LogP contribution is 2.30. The van der Waals surface area contributed by atoms with Crippen LogP contribution in [-0.2, 0) is 16.6 Å². The summed E-state index contributed by atoms with van der Waals surface area (Å²) in [5.41, 5.74) is 0.0326. The maximum atomic E-state index is 14.0. The molecule has 0 bridgehead atoms. The van der Waals surface area contributed by atoms with Gasteiger partial charge in [-0.25, -0.2) is 17.2 Å². The first-order valence-corrected chi connectivity index (χ1v) is 10.7. The number of rotatable bonds is 6. The Hall–Kier alpha value is -3.86. The summed E-state index contributed by atoms with van der Waals surface area (Å²) in [5.74, 6) is -3.15. The molecule has 1 aromatic heterocycles. The number of halogens is 2. The molecule has 1 aliphatic heterocycles. The Labute approximate surface area is 181 Å². The predicted octanol–water partition coefficient (Wildman–Crippen LogP) is 2.97. The van der Waals surface area contributed by atoms with Gasteiger partial charge in [-0.3, -0.25) is 24.2 Å². The van der Waals surface area contributed by atoms with E-state index in [2.05, 4.69) is 9.71 Å². The van der Waals surface area contributed by atoms with Gasteiger partial charge in [-0.05, 0) is 42.0 Å². The second kappa shape index (κ2) is 8.00. The average molecular weight is 459 g/mol. The number of carbonyl (C=O) groups excluding carboxylic acids is 2. The number of imide groups is 1. The van der Waals surface area contributed by atoms with E-state index in [0.29, 0.717) is 11.6 Å². The first-order chi connectivity index (χ1) is 15.2. The van der Waals surface area contributed by atoms with Crippen LogP contribution in [0.3, 0.4) is 0 Å². The Bertz CT molecular complexity index is 1330. The molecule has 3 aromatic rings. The van der Waals surface area contributed by atoms with Crippen molar-refractivity contribution in [1.29, 1.82) is 0 Å². The van der Waals surface area contributed by atoms with E-state index in [0.717, 1.165) is 17.0 Å². The van der Waals surface area contributed by atoms with Crippen molar-refractivity contribution in [2.45, 2.75) is 11.4 Å². The summed E-state index contributed by atoms with van der Waals surface area (Å²) in [4.78, 5) is 29.6. The lowest BCUT2D eigenvalue weighted by molar-refractivity contribution is 0.0640. The van der Waals surface area contributed by atoms with Crippen LogP contribution in [0.5, 0.6) is 5.75 Å². The summed E-state index contributed by atoms with van der Waals surface area (Å²) in [7, 11) is -3.11. The van der Waals surface area contributed by atoms with Crippen molar-refractivity contribution in [2.75, 3.05) is 11.8 Å². The van der Waals surface area contributed by atoms with E-state index < -0.39 is 39.2 Å². The highest BCUT2D eigenvalue weighted by Gasteiger charge is 2.36. The average Bonchev–Trinajstić information content (AvgIpc) is 3.01. The molecule has 4 rings (SSSR count). The lowest BCUT2D eigenvalue weighted by atomic mass is 10.2. The number of hydrogen-bond donors (Lipinski definition) is 1. The minimum atomic E-state index is -4.37. The molecule has 11 heteroatoms. The van der Waals surface area contributed by atoms with E-state index in [-0.39, 0.29) is 28.4 Å². The van der Waals surface area contributed by atoms with Crippen LogP contribution in [0, 0.1) is 11.6 Å². The number of fused-ring (bicyclic) bond motifs is 1. The zero-order chi connectivity index (χ0) is 23.0. The molecule has 0 saturated carbocycles. The van der Waals surface area contributed by atoms with Crippen LogP contribution in [0.1, 0.15) is 26.4 Å². The number of aromatic nitrogens is 1. The van der Waals surface area contributed by atoms with Crippen molar-refractivity contribution in [1.82, 2.24) is 9.88 Å². The monoisotopic (exact) mass is 459 g/mol. The van der Waals surface area contributed by atoms with Crippen molar-refractivity contribution >= 4 is 27.5 Å². The van der Waals surface area contributed by atoms with E-state index in [1.54, 1.807) is 0 Å². The fourth-order valence-corrected chi connectivity index (χ4v) is 4.53. The lowest BCUT2D eigenvalue weighted by Crippen LogP contribution is -2.29. The molecule has 2 heterocycles. The first kappa shape index (κ1) is 21.4. The zero-order valence-corrected chi connectivity index (χ0v) is 17.3. The molecule has 1 aliphatic rings. The summed E-state index contributed by atoms with van der Waals surface area (Å²) in [5, 5.41) is 0. The molecule has 0 fully saturated rings. The fraction of sp³-hybridized carbons (Fsp3) is 0.0952. The zero-order valence-electron chi connectivity index (χ0n) is 16.5. The summed E-state index contributed by atoms with van der Waals surface area (Å²) in [6.45, 7) is -0.217. The normalized spacial score (nSPS) is 13.3. The second-order valence-corrected chi connectivity index (χ2v) is 8.46. The van der Waals surface area contributed by atoms with Gasteiger partial charge in [0.2, 0.25) is 0 Å². The van der Waals surface area contributed by atoms with Crippen LogP contribution < -0.4 is 9.46 Å². The number of sulfonamides is 1. The van der Waals surface area contributed by atoms with E-state index in [1.165, 1.54) is 43.6 Å². The molecule has 0 radical (unpaired) electrons. The Balaban J connectivity index is 1.66. The number of anilines is 1. The number of nitrogens with one attached hydrogen (secondary N) is 1. The Morgan fingerprint density at radius 1 is 1.06 bits per heavy atom. The fourth-order valence-electron chi connectivity index (χ4n) is 3.24. The van der Waals surface area contributed by atoms with Crippen molar-refractivity contribution in [3.8, 4) is 5.75 Å². The number of hydrogen-bond acceptors (Lipinski definition) is 6. The maximum absolute atomic E-state index is 14.0. The standard InChI is InChI=1S/C21H15F2N3O5S/c1-31-17-7-4-12(11-26-20(27)14-3-2-8-24-19(14)21(26)28)9-18(17)32(29,30)25-16-6-5-13(22)10-15(16)23/h2-10,25H,11H2,1H3.